The Labute approximate surface area is 119 Å². The van der Waals surface area contributed by atoms with Gasteiger partial charge in [-0.25, -0.2) is 4.68 Å². The maximum Gasteiger partial charge on any atom is 0.283 e. The van der Waals surface area contributed by atoms with Crippen molar-refractivity contribution in [1.29, 1.82) is 0 Å². The fourth-order valence-corrected chi connectivity index (χ4v) is 2.14. The number of nitrogens with zero attached hydrogens (tertiary/aromatic N) is 4. The van der Waals surface area contributed by atoms with E-state index in [0.29, 0.717) is 23.2 Å². The third-order valence-corrected chi connectivity index (χ3v) is 3.40. The molecule has 0 unspecified atom stereocenters. The van der Waals surface area contributed by atoms with Crippen molar-refractivity contribution < 1.29 is 0 Å². The summed E-state index contributed by atoms with van der Waals surface area (Å²) in [7, 11) is 0. The van der Waals surface area contributed by atoms with E-state index in [-0.39, 0.29) is 5.56 Å². The number of hydrogen-bond donors (Lipinski definition) is 1. The van der Waals surface area contributed by atoms with E-state index < -0.39 is 0 Å². The van der Waals surface area contributed by atoms with E-state index in [1.165, 1.54) is 4.68 Å². The van der Waals surface area contributed by atoms with Crippen LogP contribution in [0.15, 0.2) is 33.9 Å². The zero-order valence-electron chi connectivity index (χ0n) is 10.7. The zero-order valence-corrected chi connectivity index (χ0v) is 12.3. The summed E-state index contributed by atoms with van der Waals surface area (Å²) in [6.07, 6.45) is 6.19. The van der Waals surface area contributed by atoms with E-state index in [0.717, 1.165) is 13.0 Å². The first-order valence-corrected chi connectivity index (χ1v) is 6.98. The van der Waals surface area contributed by atoms with Crippen molar-refractivity contribution in [2.45, 2.75) is 26.4 Å². The zero-order chi connectivity index (χ0) is 13.7. The second-order valence-electron chi connectivity index (χ2n) is 4.10. The van der Waals surface area contributed by atoms with E-state index in [9.17, 15) is 4.79 Å². The minimum atomic E-state index is -0.106. The summed E-state index contributed by atoms with van der Waals surface area (Å²) in [6, 6.07) is 1.88. The summed E-state index contributed by atoms with van der Waals surface area (Å²) in [4.78, 5) is 12.0. The highest BCUT2D eigenvalue weighted by atomic mass is 79.9. The average molecular weight is 326 g/mol. The first kappa shape index (κ1) is 13.8. The van der Waals surface area contributed by atoms with Gasteiger partial charge in [0.1, 0.15) is 4.47 Å². The Bertz CT molecular complexity index is 578. The average Bonchev–Trinajstić information content (AvgIpc) is 2.91. The van der Waals surface area contributed by atoms with Gasteiger partial charge < -0.3 is 5.32 Å². The van der Waals surface area contributed by atoms with Crippen LogP contribution in [-0.2, 0) is 13.1 Å². The van der Waals surface area contributed by atoms with Gasteiger partial charge in [-0.3, -0.25) is 9.48 Å². The molecule has 2 aromatic heterocycles. The standard InChI is InChI=1S/C12H16BrN5O/c1-2-6-18-12(19)11(13)10(9-16-18)14-5-8-17-7-3-4-15-17/h3-4,7,9,14H,2,5-6,8H2,1H3. The van der Waals surface area contributed by atoms with E-state index in [1.54, 1.807) is 12.4 Å². The highest BCUT2D eigenvalue weighted by Gasteiger charge is 2.07. The molecule has 7 heteroatoms. The molecule has 0 atom stereocenters. The molecule has 1 N–H and O–H groups in total. The van der Waals surface area contributed by atoms with Crippen molar-refractivity contribution >= 4 is 21.6 Å². The lowest BCUT2D eigenvalue weighted by Gasteiger charge is -2.10. The third-order valence-electron chi connectivity index (χ3n) is 2.64. The molecule has 0 bridgehead atoms. The van der Waals surface area contributed by atoms with E-state index in [4.69, 9.17) is 0 Å². The predicted molar refractivity (Wildman–Crippen MR) is 77.2 cm³/mol. The van der Waals surface area contributed by atoms with Gasteiger partial charge in [0.25, 0.3) is 5.56 Å². The van der Waals surface area contributed by atoms with Crippen LogP contribution in [-0.4, -0.2) is 26.1 Å². The van der Waals surface area contributed by atoms with Crippen molar-refractivity contribution in [3.05, 3.63) is 39.5 Å². The Morgan fingerprint density at radius 2 is 2.21 bits per heavy atom. The summed E-state index contributed by atoms with van der Waals surface area (Å²) in [6.45, 7) is 4.06. The van der Waals surface area contributed by atoms with Crippen molar-refractivity contribution in [2.75, 3.05) is 11.9 Å². The molecule has 0 saturated carbocycles. The number of aryl methyl sites for hydroxylation is 1. The molecule has 0 aliphatic carbocycles. The smallest absolute Gasteiger partial charge is 0.283 e. The van der Waals surface area contributed by atoms with Crippen LogP contribution in [0.4, 0.5) is 5.69 Å². The largest absolute Gasteiger partial charge is 0.381 e. The van der Waals surface area contributed by atoms with Crippen LogP contribution < -0.4 is 10.9 Å². The number of aromatic nitrogens is 4. The fraction of sp³-hybridized carbons (Fsp3) is 0.417. The molecule has 2 heterocycles. The summed E-state index contributed by atoms with van der Waals surface area (Å²) in [5.74, 6) is 0. The van der Waals surface area contributed by atoms with Gasteiger partial charge in [-0.05, 0) is 28.4 Å². The Balaban J connectivity index is 2.01. The molecule has 102 valence electrons. The Kier molecular flexibility index (Phi) is 4.73. The molecule has 0 radical (unpaired) electrons. The van der Waals surface area contributed by atoms with Crippen LogP contribution in [0.3, 0.4) is 0 Å². The molecular weight excluding hydrogens is 310 g/mol. The molecular formula is C12H16BrN5O. The Morgan fingerprint density at radius 3 is 2.89 bits per heavy atom. The molecule has 0 aliphatic rings. The van der Waals surface area contributed by atoms with Gasteiger partial charge in [-0.1, -0.05) is 6.92 Å². The summed E-state index contributed by atoms with van der Waals surface area (Å²) in [5.41, 5.74) is 0.607. The van der Waals surface area contributed by atoms with E-state index in [1.807, 2.05) is 23.9 Å². The maximum atomic E-state index is 12.0. The van der Waals surface area contributed by atoms with Crippen molar-refractivity contribution in [3.63, 3.8) is 0 Å². The second-order valence-corrected chi connectivity index (χ2v) is 4.89. The number of halogens is 1. The van der Waals surface area contributed by atoms with Gasteiger partial charge in [-0.2, -0.15) is 10.2 Å². The van der Waals surface area contributed by atoms with Gasteiger partial charge in [-0.15, -0.1) is 0 Å². The fourth-order valence-electron chi connectivity index (χ4n) is 1.70. The molecule has 0 aliphatic heterocycles. The topological polar surface area (TPSA) is 64.7 Å². The van der Waals surface area contributed by atoms with Crippen LogP contribution in [0, 0.1) is 0 Å². The summed E-state index contributed by atoms with van der Waals surface area (Å²) >= 11 is 3.32. The van der Waals surface area contributed by atoms with Gasteiger partial charge >= 0.3 is 0 Å². The van der Waals surface area contributed by atoms with Crippen molar-refractivity contribution in [1.82, 2.24) is 19.6 Å². The lowest BCUT2D eigenvalue weighted by molar-refractivity contribution is 0.565. The molecule has 0 aromatic carbocycles. The van der Waals surface area contributed by atoms with Gasteiger partial charge in [0.05, 0.1) is 18.4 Å². The third kappa shape index (κ3) is 3.44. The minimum Gasteiger partial charge on any atom is -0.381 e. The van der Waals surface area contributed by atoms with Crippen LogP contribution in [0.1, 0.15) is 13.3 Å². The number of nitrogens with one attached hydrogen (secondary N) is 1. The normalized spacial score (nSPS) is 10.6. The van der Waals surface area contributed by atoms with E-state index in [2.05, 4.69) is 31.4 Å². The lowest BCUT2D eigenvalue weighted by Crippen LogP contribution is -2.25. The molecule has 2 aromatic rings. The second kappa shape index (κ2) is 6.51. The summed E-state index contributed by atoms with van der Waals surface area (Å²) < 4.78 is 3.81. The van der Waals surface area contributed by atoms with Crippen molar-refractivity contribution in [3.8, 4) is 0 Å². The SMILES string of the molecule is CCCn1ncc(NCCn2cccn2)c(Br)c1=O. The van der Waals surface area contributed by atoms with Gasteiger partial charge in [0.15, 0.2) is 0 Å². The van der Waals surface area contributed by atoms with Crippen LogP contribution >= 0.6 is 15.9 Å². The lowest BCUT2D eigenvalue weighted by atomic mass is 10.4. The molecule has 0 saturated heterocycles. The van der Waals surface area contributed by atoms with Crippen LogP contribution in [0.5, 0.6) is 0 Å². The monoisotopic (exact) mass is 325 g/mol. The molecule has 0 amide bonds. The molecule has 19 heavy (non-hydrogen) atoms. The quantitative estimate of drug-likeness (QED) is 0.878. The molecule has 6 nitrogen and oxygen atoms in total. The first-order chi connectivity index (χ1) is 9.22. The Hall–Kier alpha value is -1.63. The Morgan fingerprint density at radius 1 is 1.37 bits per heavy atom. The minimum absolute atomic E-state index is 0.106. The van der Waals surface area contributed by atoms with Gasteiger partial charge in [0, 0.05) is 25.5 Å². The van der Waals surface area contributed by atoms with Gasteiger partial charge in [0.2, 0.25) is 0 Å². The highest BCUT2D eigenvalue weighted by molar-refractivity contribution is 9.10. The number of rotatable bonds is 6. The van der Waals surface area contributed by atoms with E-state index >= 15 is 0 Å². The number of anilines is 1. The molecule has 0 spiro atoms. The number of hydrogen-bond acceptors (Lipinski definition) is 4. The highest BCUT2D eigenvalue weighted by Crippen LogP contribution is 2.15. The van der Waals surface area contributed by atoms with Crippen LogP contribution in [0.2, 0.25) is 0 Å². The van der Waals surface area contributed by atoms with Crippen LogP contribution in [0.25, 0.3) is 0 Å². The predicted octanol–water partition coefficient (Wildman–Crippen LogP) is 1.72. The summed E-state index contributed by atoms with van der Waals surface area (Å²) in [5, 5.41) is 11.4. The molecule has 2 rings (SSSR count). The molecule has 0 fully saturated rings. The first-order valence-electron chi connectivity index (χ1n) is 6.19. The van der Waals surface area contributed by atoms with Crippen molar-refractivity contribution in [2.24, 2.45) is 0 Å². The maximum absolute atomic E-state index is 12.0.